The maximum Gasteiger partial charge on any atom is 0.244 e. The van der Waals surface area contributed by atoms with Crippen LogP contribution < -0.4 is 10.1 Å². The molecule has 2 aliphatic rings. The summed E-state index contributed by atoms with van der Waals surface area (Å²) in [7, 11) is 1.56. The summed E-state index contributed by atoms with van der Waals surface area (Å²) in [6.45, 7) is 0. The molecule has 0 aliphatic heterocycles. The molecule has 0 atom stereocenters. The van der Waals surface area contributed by atoms with E-state index in [4.69, 9.17) is 4.74 Å². The van der Waals surface area contributed by atoms with Crippen molar-refractivity contribution in [2.75, 3.05) is 12.4 Å². The van der Waals surface area contributed by atoms with Crippen LogP contribution in [0, 0.1) is 11.3 Å². The lowest BCUT2D eigenvalue weighted by atomic mass is 9.69. The van der Waals surface area contributed by atoms with Gasteiger partial charge in [-0.25, -0.2) is 9.97 Å². The molecule has 1 amide bonds. The molecular formula is C17H22N4O2S. The zero-order valence-corrected chi connectivity index (χ0v) is 14.7. The number of hydrogen-bond acceptors (Lipinski definition) is 6. The number of hydrogen-bond donors (Lipinski definition) is 1. The standard InChI is InChI=1S/C17H22N4O2S/c1-23-14-12-15(19-10-18-14)24-16(20-12)21-13(22)11-4-8-17(9-5-11)6-2-3-7-17/h10-11H,2-9H2,1H3,(H,20,21,22). The van der Waals surface area contributed by atoms with Gasteiger partial charge in [-0.05, 0) is 43.9 Å². The fraction of sp³-hybridized carbons (Fsp3) is 0.647. The first kappa shape index (κ1) is 15.7. The predicted molar refractivity (Wildman–Crippen MR) is 93.3 cm³/mol. The average molecular weight is 346 g/mol. The first-order chi connectivity index (χ1) is 11.7. The highest BCUT2D eigenvalue weighted by Gasteiger charge is 2.39. The quantitative estimate of drug-likeness (QED) is 0.915. The minimum absolute atomic E-state index is 0.0915. The number of nitrogens with zero attached hydrogens (tertiary/aromatic N) is 3. The Hall–Kier alpha value is -1.76. The largest absolute Gasteiger partial charge is 0.479 e. The maximum absolute atomic E-state index is 12.6. The number of ether oxygens (including phenoxy) is 1. The van der Waals surface area contributed by atoms with Crippen LogP contribution in [0.3, 0.4) is 0 Å². The summed E-state index contributed by atoms with van der Waals surface area (Å²) in [5.74, 6) is 0.641. The Labute approximate surface area is 145 Å². The van der Waals surface area contributed by atoms with Crippen molar-refractivity contribution in [3.8, 4) is 5.88 Å². The molecule has 2 aliphatic carbocycles. The third-order valence-electron chi connectivity index (χ3n) is 5.67. The van der Waals surface area contributed by atoms with Gasteiger partial charge in [-0.15, -0.1) is 0 Å². The number of carbonyl (C=O) groups excluding carboxylic acids is 1. The van der Waals surface area contributed by atoms with E-state index in [0.29, 0.717) is 21.9 Å². The van der Waals surface area contributed by atoms with Crippen LogP contribution in [0.4, 0.5) is 5.13 Å². The van der Waals surface area contributed by atoms with Crippen molar-refractivity contribution in [1.29, 1.82) is 0 Å². The smallest absolute Gasteiger partial charge is 0.244 e. The monoisotopic (exact) mass is 346 g/mol. The zero-order valence-electron chi connectivity index (χ0n) is 13.9. The van der Waals surface area contributed by atoms with E-state index in [1.807, 2.05) is 0 Å². The topological polar surface area (TPSA) is 77.0 Å². The number of methoxy groups -OCH3 is 1. The highest BCUT2D eigenvalue weighted by atomic mass is 32.1. The Kier molecular flexibility index (Phi) is 4.12. The molecule has 0 unspecified atom stereocenters. The Morgan fingerprint density at radius 1 is 1.25 bits per heavy atom. The molecule has 2 aromatic heterocycles. The molecule has 128 valence electrons. The number of amides is 1. The van der Waals surface area contributed by atoms with Crippen LogP contribution in [0.5, 0.6) is 5.88 Å². The van der Waals surface area contributed by atoms with Crippen molar-refractivity contribution in [2.45, 2.75) is 51.4 Å². The van der Waals surface area contributed by atoms with E-state index < -0.39 is 0 Å². The van der Waals surface area contributed by atoms with Crippen LogP contribution in [0.2, 0.25) is 0 Å². The minimum atomic E-state index is 0.0915. The van der Waals surface area contributed by atoms with Crippen LogP contribution in [0.1, 0.15) is 51.4 Å². The van der Waals surface area contributed by atoms with Gasteiger partial charge in [0.1, 0.15) is 6.33 Å². The van der Waals surface area contributed by atoms with Gasteiger partial charge < -0.3 is 10.1 Å². The van der Waals surface area contributed by atoms with Crippen LogP contribution in [0.25, 0.3) is 10.3 Å². The first-order valence-electron chi connectivity index (χ1n) is 8.65. The number of nitrogens with one attached hydrogen (secondary N) is 1. The van der Waals surface area contributed by atoms with E-state index >= 15 is 0 Å². The van der Waals surface area contributed by atoms with Gasteiger partial charge in [0.2, 0.25) is 11.8 Å². The zero-order chi connectivity index (χ0) is 16.6. The molecule has 2 fully saturated rings. The van der Waals surface area contributed by atoms with E-state index in [-0.39, 0.29) is 11.8 Å². The molecule has 0 radical (unpaired) electrons. The third-order valence-corrected chi connectivity index (χ3v) is 6.55. The molecule has 7 heteroatoms. The molecule has 2 aromatic rings. The van der Waals surface area contributed by atoms with Gasteiger partial charge in [-0.2, -0.15) is 4.98 Å². The fourth-order valence-electron chi connectivity index (χ4n) is 4.26. The Balaban J connectivity index is 1.43. The number of thiazole rings is 1. The molecule has 6 nitrogen and oxygen atoms in total. The molecule has 1 N–H and O–H groups in total. The maximum atomic E-state index is 12.6. The highest BCUT2D eigenvalue weighted by molar-refractivity contribution is 7.22. The fourth-order valence-corrected chi connectivity index (χ4v) is 5.06. The van der Waals surface area contributed by atoms with Crippen LogP contribution >= 0.6 is 11.3 Å². The molecule has 0 aromatic carbocycles. The lowest BCUT2D eigenvalue weighted by Crippen LogP contribution is -2.31. The Morgan fingerprint density at radius 2 is 2.00 bits per heavy atom. The second-order valence-corrected chi connectivity index (χ2v) is 8.00. The van der Waals surface area contributed by atoms with Gasteiger partial charge in [0, 0.05) is 5.92 Å². The van der Waals surface area contributed by atoms with Gasteiger partial charge >= 0.3 is 0 Å². The lowest BCUT2D eigenvalue weighted by Gasteiger charge is -2.36. The van der Waals surface area contributed by atoms with E-state index in [1.54, 1.807) is 7.11 Å². The van der Waals surface area contributed by atoms with Gasteiger partial charge in [0.05, 0.1) is 7.11 Å². The van der Waals surface area contributed by atoms with Crippen molar-refractivity contribution in [2.24, 2.45) is 11.3 Å². The second-order valence-electron chi connectivity index (χ2n) is 7.03. The Morgan fingerprint density at radius 3 is 2.71 bits per heavy atom. The lowest BCUT2D eigenvalue weighted by molar-refractivity contribution is -0.121. The molecule has 2 heterocycles. The normalized spacial score (nSPS) is 20.5. The third kappa shape index (κ3) is 2.85. The SMILES string of the molecule is COc1ncnc2sc(NC(=O)C3CCC4(CCCC4)CC3)nc12. The minimum Gasteiger partial charge on any atom is -0.479 e. The van der Waals surface area contributed by atoms with E-state index in [0.717, 1.165) is 17.7 Å². The average Bonchev–Trinajstić information content (AvgIpc) is 3.21. The number of carbonyl (C=O) groups is 1. The molecule has 1 spiro atoms. The van der Waals surface area contributed by atoms with Crippen molar-refractivity contribution in [3.05, 3.63) is 6.33 Å². The predicted octanol–water partition coefficient (Wildman–Crippen LogP) is 3.78. The summed E-state index contributed by atoms with van der Waals surface area (Å²) in [5, 5.41) is 3.56. The first-order valence-corrected chi connectivity index (χ1v) is 9.47. The summed E-state index contributed by atoms with van der Waals surface area (Å²) in [5.41, 5.74) is 1.16. The molecule has 0 bridgehead atoms. The van der Waals surface area contributed by atoms with Crippen molar-refractivity contribution < 1.29 is 9.53 Å². The van der Waals surface area contributed by atoms with E-state index in [1.165, 1.54) is 56.2 Å². The van der Waals surface area contributed by atoms with E-state index in [9.17, 15) is 4.79 Å². The van der Waals surface area contributed by atoms with Crippen molar-refractivity contribution in [3.63, 3.8) is 0 Å². The summed E-state index contributed by atoms with van der Waals surface area (Å²) in [6, 6.07) is 0. The van der Waals surface area contributed by atoms with Crippen molar-refractivity contribution in [1.82, 2.24) is 15.0 Å². The van der Waals surface area contributed by atoms with Gasteiger partial charge in [0.25, 0.3) is 0 Å². The molecule has 2 saturated carbocycles. The number of anilines is 1. The highest BCUT2D eigenvalue weighted by Crippen LogP contribution is 2.50. The second kappa shape index (κ2) is 6.27. The summed E-state index contributed by atoms with van der Waals surface area (Å²) in [6.07, 6.45) is 11.3. The van der Waals surface area contributed by atoms with Gasteiger partial charge in [0.15, 0.2) is 15.5 Å². The molecular weight excluding hydrogens is 324 g/mol. The van der Waals surface area contributed by atoms with Crippen LogP contribution in [0.15, 0.2) is 6.33 Å². The summed E-state index contributed by atoms with van der Waals surface area (Å²) >= 11 is 1.36. The molecule has 4 rings (SSSR count). The van der Waals surface area contributed by atoms with Crippen LogP contribution in [-0.4, -0.2) is 28.0 Å². The van der Waals surface area contributed by atoms with Gasteiger partial charge in [-0.1, -0.05) is 24.2 Å². The van der Waals surface area contributed by atoms with Crippen LogP contribution in [-0.2, 0) is 4.79 Å². The van der Waals surface area contributed by atoms with Crippen molar-refractivity contribution >= 4 is 32.7 Å². The number of rotatable bonds is 3. The Bertz CT molecular complexity index is 744. The summed E-state index contributed by atoms with van der Waals surface area (Å²) < 4.78 is 5.20. The summed E-state index contributed by atoms with van der Waals surface area (Å²) in [4.78, 5) is 26.0. The van der Waals surface area contributed by atoms with Gasteiger partial charge in [-0.3, -0.25) is 4.79 Å². The van der Waals surface area contributed by atoms with E-state index in [2.05, 4.69) is 20.3 Å². The number of aromatic nitrogens is 3. The molecule has 0 saturated heterocycles. The molecule has 24 heavy (non-hydrogen) atoms. The number of fused-ring (bicyclic) bond motifs is 1.